The Morgan fingerprint density at radius 3 is 3.04 bits per heavy atom. The van der Waals surface area contributed by atoms with Gasteiger partial charge >= 0.3 is 0 Å². The molecule has 0 unspecified atom stereocenters. The van der Waals surface area contributed by atoms with E-state index in [0.29, 0.717) is 11.6 Å². The molecule has 0 saturated carbocycles. The summed E-state index contributed by atoms with van der Waals surface area (Å²) in [5.41, 5.74) is 0.725. The van der Waals surface area contributed by atoms with Crippen LogP contribution < -0.4 is 4.74 Å². The molecule has 2 aliphatic heterocycles. The van der Waals surface area contributed by atoms with Crippen LogP contribution in [0.3, 0.4) is 0 Å². The number of aryl methyl sites for hydroxylation is 1. The summed E-state index contributed by atoms with van der Waals surface area (Å²) in [5, 5.41) is 3.77. The molecule has 0 aliphatic carbocycles. The summed E-state index contributed by atoms with van der Waals surface area (Å²) >= 11 is 1.89. The molecular weight excluding hydrogens is 314 g/mol. The minimum absolute atomic E-state index is 0.0779. The maximum atomic E-state index is 12.3. The lowest BCUT2D eigenvalue weighted by Crippen LogP contribution is -2.60. The summed E-state index contributed by atoms with van der Waals surface area (Å²) in [6.07, 6.45) is 2.82. The van der Waals surface area contributed by atoms with Gasteiger partial charge in [0.1, 0.15) is 6.10 Å². The van der Waals surface area contributed by atoms with E-state index in [4.69, 9.17) is 9.26 Å². The van der Waals surface area contributed by atoms with Crippen molar-refractivity contribution in [2.45, 2.75) is 24.2 Å². The van der Waals surface area contributed by atoms with Crippen molar-refractivity contribution >= 4 is 17.7 Å². The molecule has 6 nitrogen and oxygen atoms in total. The van der Waals surface area contributed by atoms with Gasteiger partial charge in [-0.15, -0.1) is 11.8 Å². The van der Waals surface area contributed by atoms with E-state index in [1.807, 2.05) is 41.8 Å². The number of amides is 1. The van der Waals surface area contributed by atoms with Gasteiger partial charge in [-0.2, -0.15) is 0 Å². The number of aromatic nitrogens is 2. The zero-order valence-corrected chi connectivity index (χ0v) is 13.6. The van der Waals surface area contributed by atoms with Crippen molar-refractivity contribution in [3.05, 3.63) is 41.9 Å². The minimum Gasteiger partial charge on any atom is -0.473 e. The molecule has 4 rings (SSSR count). The third-order valence-electron chi connectivity index (χ3n) is 4.18. The fourth-order valence-corrected chi connectivity index (χ4v) is 4.62. The van der Waals surface area contributed by atoms with Crippen LogP contribution in [0.1, 0.15) is 22.7 Å². The maximum absolute atomic E-state index is 12.3. The van der Waals surface area contributed by atoms with Gasteiger partial charge in [0.2, 0.25) is 11.6 Å². The lowest BCUT2D eigenvalue weighted by molar-refractivity contribution is 0.0476. The summed E-state index contributed by atoms with van der Waals surface area (Å²) in [5.74, 6) is 1.84. The molecule has 1 amide bonds. The highest BCUT2D eigenvalue weighted by molar-refractivity contribution is 8.01. The van der Waals surface area contributed by atoms with Crippen LogP contribution in [0.4, 0.5) is 0 Å². The number of hydrogen-bond acceptors (Lipinski definition) is 6. The smallest absolute Gasteiger partial charge is 0.292 e. The number of rotatable bonds is 3. The van der Waals surface area contributed by atoms with Crippen molar-refractivity contribution in [3.63, 3.8) is 0 Å². The molecule has 120 valence electrons. The standard InChI is InChI=1S/C16H17N3O3S/c1-11-6-13(22-18-11)15(20)19-9-16(10-19)7-12(8-23-16)21-14-4-2-3-5-17-14/h2-6,12H,7-10H2,1H3/t12-/m0/s1. The van der Waals surface area contributed by atoms with Gasteiger partial charge in [0.15, 0.2) is 0 Å². The van der Waals surface area contributed by atoms with E-state index in [1.165, 1.54) is 0 Å². The van der Waals surface area contributed by atoms with Crippen molar-refractivity contribution in [2.24, 2.45) is 0 Å². The first-order valence-electron chi connectivity index (χ1n) is 7.58. The molecule has 0 N–H and O–H groups in total. The Bertz CT molecular complexity index is 712. The van der Waals surface area contributed by atoms with Gasteiger partial charge in [0.25, 0.3) is 5.91 Å². The molecule has 2 aromatic heterocycles. The second-order valence-electron chi connectivity index (χ2n) is 6.10. The number of carbonyl (C=O) groups is 1. The summed E-state index contributed by atoms with van der Waals surface area (Å²) < 4.78 is 11.1. The van der Waals surface area contributed by atoms with Gasteiger partial charge in [0.05, 0.1) is 10.4 Å². The van der Waals surface area contributed by atoms with Gasteiger partial charge in [-0.25, -0.2) is 4.98 Å². The van der Waals surface area contributed by atoms with Gasteiger partial charge in [0, 0.05) is 43.6 Å². The molecule has 23 heavy (non-hydrogen) atoms. The summed E-state index contributed by atoms with van der Waals surface area (Å²) in [7, 11) is 0. The molecule has 1 spiro atoms. The normalized spacial score (nSPS) is 22.1. The number of ether oxygens (including phenoxy) is 1. The van der Waals surface area contributed by atoms with Gasteiger partial charge < -0.3 is 14.2 Å². The third kappa shape index (κ3) is 2.81. The lowest BCUT2D eigenvalue weighted by Gasteiger charge is -2.46. The SMILES string of the molecule is Cc1cc(C(=O)N2CC3(C[C@H](Oc4ccccn4)CS3)C2)on1. The molecule has 1 atom stereocenters. The number of hydrogen-bond donors (Lipinski definition) is 0. The molecule has 0 radical (unpaired) electrons. The number of pyridine rings is 1. The molecular formula is C16H17N3O3S. The fraction of sp³-hybridized carbons (Fsp3) is 0.438. The summed E-state index contributed by atoms with van der Waals surface area (Å²) in [6.45, 7) is 3.28. The van der Waals surface area contributed by atoms with Crippen molar-refractivity contribution in [1.29, 1.82) is 0 Å². The van der Waals surface area contributed by atoms with E-state index in [2.05, 4.69) is 10.1 Å². The molecule has 2 saturated heterocycles. The Kier molecular flexibility index (Phi) is 3.52. The van der Waals surface area contributed by atoms with Crippen LogP contribution in [0.5, 0.6) is 5.88 Å². The Labute approximate surface area is 138 Å². The average molecular weight is 331 g/mol. The van der Waals surface area contributed by atoms with E-state index in [1.54, 1.807) is 12.3 Å². The largest absolute Gasteiger partial charge is 0.473 e. The molecule has 2 fully saturated rings. The maximum Gasteiger partial charge on any atom is 0.292 e. The highest BCUT2D eigenvalue weighted by Crippen LogP contribution is 2.46. The number of carbonyl (C=O) groups excluding carboxylic acids is 1. The Balaban J connectivity index is 1.33. The van der Waals surface area contributed by atoms with Crippen LogP contribution in [-0.2, 0) is 0 Å². The first kappa shape index (κ1) is 14.6. The molecule has 0 bridgehead atoms. The van der Waals surface area contributed by atoms with Crippen LogP contribution in [0.25, 0.3) is 0 Å². The fourth-order valence-electron chi connectivity index (χ4n) is 3.10. The van der Waals surface area contributed by atoms with Crippen molar-refractivity contribution < 1.29 is 14.1 Å². The minimum atomic E-state index is -0.0779. The first-order chi connectivity index (χ1) is 11.1. The number of nitrogens with zero attached hydrogens (tertiary/aromatic N) is 3. The summed E-state index contributed by atoms with van der Waals surface area (Å²) in [6, 6.07) is 7.35. The Hall–Kier alpha value is -2.02. The Morgan fingerprint density at radius 1 is 1.48 bits per heavy atom. The van der Waals surface area contributed by atoms with Gasteiger partial charge in [-0.05, 0) is 13.0 Å². The van der Waals surface area contributed by atoms with E-state index < -0.39 is 0 Å². The zero-order valence-electron chi connectivity index (χ0n) is 12.8. The first-order valence-corrected chi connectivity index (χ1v) is 8.56. The van der Waals surface area contributed by atoms with Crippen molar-refractivity contribution in [1.82, 2.24) is 15.0 Å². The van der Waals surface area contributed by atoms with E-state index in [-0.39, 0.29) is 16.8 Å². The molecule has 7 heteroatoms. The lowest BCUT2D eigenvalue weighted by atomic mass is 9.92. The van der Waals surface area contributed by atoms with Crippen LogP contribution in [0, 0.1) is 6.92 Å². The van der Waals surface area contributed by atoms with Crippen molar-refractivity contribution in [3.8, 4) is 5.88 Å². The number of thioether (sulfide) groups is 1. The van der Waals surface area contributed by atoms with Gasteiger partial charge in [-0.3, -0.25) is 4.79 Å². The van der Waals surface area contributed by atoms with Crippen molar-refractivity contribution in [2.75, 3.05) is 18.8 Å². The average Bonchev–Trinajstić information content (AvgIpc) is 3.13. The predicted molar refractivity (Wildman–Crippen MR) is 85.6 cm³/mol. The molecule has 2 aliphatic rings. The van der Waals surface area contributed by atoms with E-state index >= 15 is 0 Å². The quantitative estimate of drug-likeness (QED) is 0.858. The highest BCUT2D eigenvalue weighted by atomic mass is 32.2. The van der Waals surface area contributed by atoms with E-state index in [9.17, 15) is 4.79 Å². The van der Waals surface area contributed by atoms with Crippen LogP contribution >= 0.6 is 11.8 Å². The van der Waals surface area contributed by atoms with Crippen LogP contribution in [0.2, 0.25) is 0 Å². The second kappa shape index (κ2) is 5.56. The highest BCUT2D eigenvalue weighted by Gasteiger charge is 2.51. The monoisotopic (exact) mass is 331 g/mol. The van der Waals surface area contributed by atoms with Crippen LogP contribution in [-0.4, -0.2) is 50.6 Å². The summed E-state index contributed by atoms with van der Waals surface area (Å²) in [4.78, 5) is 18.3. The van der Waals surface area contributed by atoms with Gasteiger partial charge in [-0.1, -0.05) is 11.2 Å². The van der Waals surface area contributed by atoms with Crippen LogP contribution in [0.15, 0.2) is 35.0 Å². The Morgan fingerprint density at radius 2 is 2.35 bits per heavy atom. The molecule has 4 heterocycles. The van der Waals surface area contributed by atoms with E-state index in [0.717, 1.165) is 31.0 Å². The predicted octanol–water partition coefficient (Wildman–Crippen LogP) is 2.16. The zero-order chi connectivity index (χ0) is 15.9. The molecule has 2 aromatic rings. The topological polar surface area (TPSA) is 68.5 Å². The molecule has 0 aromatic carbocycles. The number of likely N-dealkylation sites (tertiary alicyclic amines) is 1. The third-order valence-corrected chi connectivity index (χ3v) is 5.76. The second-order valence-corrected chi connectivity index (χ2v) is 7.59.